The fourth-order valence-electron chi connectivity index (χ4n) is 4.04. The van der Waals surface area contributed by atoms with Crippen molar-refractivity contribution >= 4 is 51.1 Å². The van der Waals surface area contributed by atoms with Crippen molar-refractivity contribution in [1.29, 1.82) is 0 Å². The number of rotatable bonds is 4. The van der Waals surface area contributed by atoms with Crippen LogP contribution in [0.3, 0.4) is 0 Å². The first kappa shape index (κ1) is 22.1. The molecular weight excluding hydrogens is 479 g/mol. The third-order valence-corrected chi connectivity index (χ3v) is 7.86. The van der Waals surface area contributed by atoms with Crippen LogP contribution in [0.4, 0.5) is 5.69 Å². The molecule has 1 aliphatic rings. The zero-order valence-corrected chi connectivity index (χ0v) is 20.5. The Morgan fingerprint density at radius 2 is 1.76 bits per heavy atom. The fraction of sp³-hybridized carbons (Fsp3) is 0.250. The molecule has 1 saturated heterocycles. The number of aromatic nitrogens is 2. The molecule has 33 heavy (non-hydrogen) atoms. The van der Waals surface area contributed by atoms with Crippen molar-refractivity contribution in [3.05, 3.63) is 69.3 Å². The molecule has 0 aliphatic carbocycles. The molecule has 0 atom stereocenters. The van der Waals surface area contributed by atoms with Crippen molar-refractivity contribution in [2.45, 2.75) is 6.92 Å². The van der Waals surface area contributed by atoms with Gasteiger partial charge in [0.1, 0.15) is 10.6 Å². The number of carbonyl (C=O) groups is 1. The van der Waals surface area contributed by atoms with E-state index in [2.05, 4.69) is 4.90 Å². The summed E-state index contributed by atoms with van der Waals surface area (Å²) < 4.78 is 7.23. The van der Waals surface area contributed by atoms with Crippen LogP contribution in [0.1, 0.15) is 15.4 Å². The first-order valence-corrected chi connectivity index (χ1v) is 12.1. The quantitative estimate of drug-likeness (QED) is 0.363. The lowest BCUT2D eigenvalue weighted by Crippen LogP contribution is -2.48. The number of halogens is 2. The molecule has 0 N–H and O–H groups in total. The summed E-state index contributed by atoms with van der Waals surface area (Å²) in [5, 5.41) is 1.08. The molecule has 0 bridgehead atoms. The van der Waals surface area contributed by atoms with Gasteiger partial charge in [0.15, 0.2) is 4.96 Å². The lowest BCUT2D eigenvalue weighted by molar-refractivity contribution is 0.0750. The van der Waals surface area contributed by atoms with Crippen LogP contribution >= 0.6 is 34.5 Å². The van der Waals surface area contributed by atoms with E-state index >= 15 is 0 Å². The Bertz CT molecular complexity index is 1320. The van der Waals surface area contributed by atoms with Gasteiger partial charge in [-0.25, -0.2) is 4.98 Å². The van der Waals surface area contributed by atoms with Crippen LogP contribution in [0, 0.1) is 6.92 Å². The lowest BCUT2D eigenvalue weighted by Gasteiger charge is -2.36. The molecule has 0 unspecified atom stereocenters. The Balaban J connectivity index is 1.31. The molecule has 5 rings (SSSR count). The van der Waals surface area contributed by atoms with Gasteiger partial charge in [-0.1, -0.05) is 34.5 Å². The van der Waals surface area contributed by atoms with Crippen molar-refractivity contribution < 1.29 is 9.53 Å². The highest BCUT2D eigenvalue weighted by Crippen LogP contribution is 2.30. The van der Waals surface area contributed by atoms with E-state index < -0.39 is 0 Å². The number of anilines is 1. The maximum atomic E-state index is 13.3. The molecule has 9 heteroatoms. The number of methoxy groups -OCH3 is 1. The first-order chi connectivity index (χ1) is 15.9. The molecule has 1 fully saturated rings. The number of hydrogen-bond acceptors (Lipinski definition) is 5. The molecule has 1 amide bonds. The Morgan fingerprint density at radius 3 is 2.39 bits per heavy atom. The highest BCUT2D eigenvalue weighted by molar-refractivity contribution is 7.19. The Hall–Kier alpha value is -2.74. The van der Waals surface area contributed by atoms with E-state index in [0.717, 1.165) is 51.3 Å². The summed E-state index contributed by atoms with van der Waals surface area (Å²) in [4.78, 5) is 23.7. The zero-order chi connectivity index (χ0) is 23.1. The van der Waals surface area contributed by atoms with Crippen LogP contribution in [-0.2, 0) is 0 Å². The van der Waals surface area contributed by atoms with Gasteiger partial charge in [0, 0.05) is 49.3 Å². The van der Waals surface area contributed by atoms with Crippen molar-refractivity contribution in [2.24, 2.45) is 0 Å². The molecule has 3 heterocycles. The molecule has 170 valence electrons. The van der Waals surface area contributed by atoms with Gasteiger partial charge in [-0.15, -0.1) is 0 Å². The summed E-state index contributed by atoms with van der Waals surface area (Å²) in [7, 11) is 1.65. The van der Waals surface area contributed by atoms with E-state index in [9.17, 15) is 4.79 Å². The van der Waals surface area contributed by atoms with Crippen LogP contribution in [0.2, 0.25) is 10.0 Å². The number of aryl methyl sites for hydroxylation is 1. The molecule has 2 aromatic heterocycles. The number of carbonyl (C=O) groups excluding carboxylic acids is 1. The Morgan fingerprint density at radius 1 is 1.03 bits per heavy atom. The Kier molecular flexibility index (Phi) is 5.95. The monoisotopic (exact) mass is 500 g/mol. The smallest absolute Gasteiger partial charge is 0.265 e. The van der Waals surface area contributed by atoms with Gasteiger partial charge in [0.2, 0.25) is 0 Å². The minimum absolute atomic E-state index is 0.0581. The Labute approximate surface area is 205 Å². The maximum absolute atomic E-state index is 13.3. The molecule has 2 aromatic carbocycles. The summed E-state index contributed by atoms with van der Waals surface area (Å²) in [6.45, 7) is 4.76. The van der Waals surface area contributed by atoms with E-state index in [1.165, 1.54) is 11.3 Å². The molecule has 6 nitrogen and oxygen atoms in total. The molecular formula is C24H22Cl2N4O2S. The number of ether oxygens (including phenoxy) is 1. The van der Waals surface area contributed by atoms with E-state index in [1.807, 2.05) is 64.9 Å². The molecule has 0 spiro atoms. The van der Waals surface area contributed by atoms with E-state index in [4.69, 9.17) is 32.9 Å². The predicted octanol–water partition coefficient (Wildman–Crippen LogP) is 5.65. The average molecular weight is 501 g/mol. The van der Waals surface area contributed by atoms with Gasteiger partial charge in [-0.3, -0.25) is 9.20 Å². The normalized spacial score (nSPS) is 14.2. The SMILES string of the molecule is COc1ccc(-c2cn3c(C)c(C(=O)N4CCN(c5ccc(Cl)c(Cl)c5)CC4)sc3n2)cc1. The van der Waals surface area contributed by atoms with Crippen LogP contribution in [0.25, 0.3) is 16.2 Å². The number of imidazole rings is 1. The standard InChI is InChI=1S/C24H22Cl2N4O2S/c1-15-22(33-24-27-21(14-30(15)24)16-3-6-18(32-2)7-4-16)23(31)29-11-9-28(10-12-29)17-5-8-19(25)20(26)13-17/h3-8,13-14H,9-12H2,1-2H3. The van der Waals surface area contributed by atoms with Gasteiger partial charge < -0.3 is 14.5 Å². The van der Waals surface area contributed by atoms with Gasteiger partial charge in [-0.05, 0) is 49.4 Å². The highest BCUT2D eigenvalue weighted by Gasteiger charge is 2.26. The third-order valence-electron chi connectivity index (χ3n) is 5.97. The fourth-order valence-corrected chi connectivity index (χ4v) is 5.41. The summed E-state index contributed by atoms with van der Waals surface area (Å²) in [6, 6.07) is 13.5. The van der Waals surface area contributed by atoms with Crippen molar-refractivity contribution in [1.82, 2.24) is 14.3 Å². The second-order valence-corrected chi connectivity index (χ2v) is 9.69. The minimum atomic E-state index is 0.0581. The largest absolute Gasteiger partial charge is 0.497 e. The summed E-state index contributed by atoms with van der Waals surface area (Å²) >= 11 is 13.6. The number of benzene rings is 2. The van der Waals surface area contributed by atoms with Crippen LogP contribution in [-0.4, -0.2) is 53.5 Å². The second-order valence-electron chi connectivity index (χ2n) is 7.90. The number of nitrogens with zero attached hydrogens (tertiary/aromatic N) is 4. The predicted molar refractivity (Wildman–Crippen MR) is 134 cm³/mol. The van der Waals surface area contributed by atoms with Crippen molar-refractivity contribution in [2.75, 3.05) is 38.2 Å². The van der Waals surface area contributed by atoms with Gasteiger partial charge in [-0.2, -0.15) is 0 Å². The minimum Gasteiger partial charge on any atom is -0.497 e. The number of thiazole rings is 1. The number of amides is 1. The lowest BCUT2D eigenvalue weighted by atomic mass is 10.2. The van der Waals surface area contributed by atoms with Crippen molar-refractivity contribution in [3.8, 4) is 17.0 Å². The van der Waals surface area contributed by atoms with Gasteiger partial charge >= 0.3 is 0 Å². The van der Waals surface area contributed by atoms with E-state index in [0.29, 0.717) is 23.1 Å². The van der Waals surface area contributed by atoms with Crippen LogP contribution in [0.15, 0.2) is 48.7 Å². The topological polar surface area (TPSA) is 50.1 Å². The molecule has 1 aliphatic heterocycles. The van der Waals surface area contributed by atoms with Gasteiger partial charge in [0.25, 0.3) is 5.91 Å². The molecule has 0 saturated carbocycles. The summed E-state index contributed by atoms with van der Waals surface area (Å²) in [5.41, 5.74) is 3.83. The second kappa shape index (κ2) is 8.89. The summed E-state index contributed by atoms with van der Waals surface area (Å²) in [6.07, 6.45) is 1.99. The highest BCUT2D eigenvalue weighted by atomic mass is 35.5. The molecule has 0 radical (unpaired) electrons. The zero-order valence-electron chi connectivity index (χ0n) is 18.2. The van der Waals surface area contributed by atoms with E-state index in [-0.39, 0.29) is 5.91 Å². The van der Waals surface area contributed by atoms with Gasteiger partial charge in [0.05, 0.1) is 22.8 Å². The maximum Gasteiger partial charge on any atom is 0.265 e. The van der Waals surface area contributed by atoms with Crippen molar-refractivity contribution in [3.63, 3.8) is 0 Å². The average Bonchev–Trinajstić information content (AvgIpc) is 3.40. The molecule has 4 aromatic rings. The first-order valence-electron chi connectivity index (χ1n) is 10.6. The summed E-state index contributed by atoms with van der Waals surface area (Å²) in [5.74, 6) is 0.867. The number of piperazine rings is 1. The number of fused-ring (bicyclic) bond motifs is 1. The van der Waals surface area contributed by atoms with E-state index in [1.54, 1.807) is 7.11 Å². The number of hydrogen-bond donors (Lipinski definition) is 0. The third kappa shape index (κ3) is 4.16. The van der Waals surface area contributed by atoms with Crippen LogP contribution < -0.4 is 9.64 Å². The van der Waals surface area contributed by atoms with Crippen LogP contribution in [0.5, 0.6) is 5.75 Å².